The van der Waals surface area contributed by atoms with Crippen molar-refractivity contribution in [3.8, 4) is 5.75 Å². The highest BCUT2D eigenvalue weighted by molar-refractivity contribution is 8.14. The van der Waals surface area contributed by atoms with E-state index in [1.807, 2.05) is 60.7 Å². The quantitative estimate of drug-likeness (QED) is 0.0614. The molecule has 0 fully saturated rings. The molecule has 1 aliphatic heterocycles. The van der Waals surface area contributed by atoms with Crippen LogP contribution in [0.15, 0.2) is 163 Å². The molecule has 0 aliphatic carbocycles. The first-order chi connectivity index (χ1) is 25.3. The first-order valence-corrected chi connectivity index (χ1v) is 17.6. The van der Waals surface area contributed by atoms with Crippen molar-refractivity contribution in [1.82, 2.24) is 10.2 Å². The van der Waals surface area contributed by atoms with Crippen LogP contribution in [-0.4, -0.2) is 33.5 Å². The highest BCUT2D eigenvalue weighted by Gasteiger charge is 2.35. The summed E-state index contributed by atoms with van der Waals surface area (Å²) in [5, 5.41) is 3.17. The van der Waals surface area contributed by atoms with Gasteiger partial charge in [0.1, 0.15) is 23.7 Å². The van der Waals surface area contributed by atoms with Crippen LogP contribution in [-0.2, 0) is 27.4 Å². The topological polar surface area (TPSA) is 88.1 Å². The zero-order chi connectivity index (χ0) is 36.9. The fraction of sp³-hybridized carbons (Fsp3) is 0.116. The Morgan fingerprint density at radius 2 is 1.62 bits per heavy atom. The van der Waals surface area contributed by atoms with Crippen LogP contribution in [0.25, 0.3) is 6.08 Å². The maximum Gasteiger partial charge on any atom is 0.285 e. The number of nitrogens with one attached hydrogen (secondary N) is 1. The fourth-order valence-electron chi connectivity index (χ4n) is 5.48. The Morgan fingerprint density at radius 1 is 0.942 bits per heavy atom. The minimum absolute atomic E-state index is 0.0277. The van der Waals surface area contributed by atoms with Gasteiger partial charge in [-0.2, -0.15) is 4.99 Å². The second-order valence-corrected chi connectivity index (χ2v) is 12.5. The van der Waals surface area contributed by atoms with E-state index in [4.69, 9.17) is 4.74 Å². The number of allylic oxidation sites excluding steroid dienone is 5. The Morgan fingerprint density at radius 3 is 2.25 bits per heavy atom. The lowest BCUT2D eigenvalue weighted by molar-refractivity contribution is -0.126. The predicted octanol–water partition coefficient (Wildman–Crippen LogP) is 8.53. The zero-order valence-electron chi connectivity index (χ0n) is 28.7. The Balaban J connectivity index is 1.40. The maximum absolute atomic E-state index is 14.2. The van der Waals surface area contributed by atoms with Gasteiger partial charge < -0.3 is 10.1 Å². The lowest BCUT2D eigenvalue weighted by atomic mass is 9.99. The molecule has 0 unspecified atom stereocenters. The molecule has 7 nitrogen and oxygen atoms in total. The maximum atomic E-state index is 14.2. The van der Waals surface area contributed by atoms with Gasteiger partial charge in [0, 0.05) is 11.3 Å². The van der Waals surface area contributed by atoms with Gasteiger partial charge in [-0.1, -0.05) is 128 Å². The molecule has 5 rings (SSSR count). The normalized spacial score (nSPS) is 14.1. The molecule has 4 aromatic carbocycles. The van der Waals surface area contributed by atoms with Crippen LogP contribution < -0.4 is 10.1 Å². The second kappa shape index (κ2) is 18.3. The van der Waals surface area contributed by atoms with Gasteiger partial charge in [-0.05, 0) is 65.9 Å². The Bertz CT molecular complexity index is 2030. The number of rotatable bonds is 14. The van der Waals surface area contributed by atoms with Gasteiger partial charge in [0.15, 0.2) is 5.17 Å². The molecule has 1 N–H and O–H groups in total. The number of hydrogen-bond donors (Lipinski definition) is 1. The summed E-state index contributed by atoms with van der Waals surface area (Å²) in [7, 11) is 0. The van der Waals surface area contributed by atoms with Crippen molar-refractivity contribution in [2.45, 2.75) is 26.0 Å². The zero-order valence-corrected chi connectivity index (χ0v) is 29.5. The molecule has 0 saturated carbocycles. The van der Waals surface area contributed by atoms with Crippen LogP contribution in [0.1, 0.15) is 40.8 Å². The number of thioether (sulfide) groups is 1. The summed E-state index contributed by atoms with van der Waals surface area (Å²) < 4.78 is 20.1. The molecule has 1 aliphatic rings. The Labute approximate surface area is 307 Å². The van der Waals surface area contributed by atoms with E-state index in [9.17, 15) is 18.8 Å². The summed E-state index contributed by atoms with van der Waals surface area (Å²) in [4.78, 5) is 46.7. The average molecular weight is 712 g/mol. The van der Waals surface area contributed by atoms with Gasteiger partial charge in [0.25, 0.3) is 11.8 Å². The van der Waals surface area contributed by atoms with E-state index >= 15 is 0 Å². The number of carbonyl (C=O) groups excluding carboxylic acids is 3. The number of nitrogens with zero attached hydrogens (tertiary/aromatic N) is 2. The van der Waals surface area contributed by atoms with Crippen LogP contribution in [0.2, 0.25) is 0 Å². The van der Waals surface area contributed by atoms with E-state index in [-0.39, 0.29) is 34.8 Å². The third kappa shape index (κ3) is 9.38. The molecule has 0 radical (unpaired) electrons. The Hall–Kier alpha value is -6.06. The lowest BCUT2D eigenvalue weighted by Crippen LogP contribution is -2.42. The van der Waals surface area contributed by atoms with E-state index in [0.29, 0.717) is 29.0 Å². The molecule has 0 saturated heterocycles. The molecule has 0 bridgehead atoms. The predicted molar refractivity (Wildman–Crippen MR) is 207 cm³/mol. The average Bonchev–Trinajstić information content (AvgIpc) is 3.16. The van der Waals surface area contributed by atoms with Gasteiger partial charge in [-0.25, -0.2) is 4.39 Å². The smallest absolute Gasteiger partial charge is 0.285 e. The number of amidine groups is 1. The fourth-order valence-corrected chi connectivity index (χ4v) is 6.28. The third-order valence-corrected chi connectivity index (χ3v) is 8.95. The number of hydrogen-bond acceptors (Lipinski definition) is 5. The summed E-state index contributed by atoms with van der Waals surface area (Å²) in [6, 6.07) is 30.5. The molecule has 3 amide bonds. The third-order valence-electron chi connectivity index (χ3n) is 8.01. The number of halogens is 1. The molecular weight excluding hydrogens is 674 g/mol. The molecule has 52 heavy (non-hydrogen) atoms. The number of amides is 3. The van der Waals surface area contributed by atoms with Crippen LogP contribution >= 0.6 is 11.8 Å². The molecule has 9 heteroatoms. The summed E-state index contributed by atoms with van der Waals surface area (Å²) in [5.74, 6) is -1.58. The lowest BCUT2D eigenvalue weighted by Gasteiger charge is -2.28. The minimum atomic E-state index is -0.732. The van der Waals surface area contributed by atoms with Gasteiger partial charge in [-0.3, -0.25) is 19.3 Å². The summed E-state index contributed by atoms with van der Waals surface area (Å²) in [6.07, 6.45) is 10.3. The standard InChI is InChI=1S/C43H38FN3O4S/c1-4-7-22-35(6-3)47-42(50)36(27-30-24-25-38(33(26-30)16-5-2)51-28-34-21-14-15-23-37(34)44)41(49)46-43(47)52-29-39(48)45-40(31-17-10-8-11-18-31)32-19-12-9-13-20-32/h4-15,17-27,40H,1-2,16,28-29H2,3H3,(H,45,48)/b22-7-,35-6+,36-27+. The number of ether oxygens (including phenoxy) is 1. The largest absolute Gasteiger partial charge is 0.489 e. The first kappa shape index (κ1) is 37.2. The molecule has 0 aromatic heterocycles. The van der Waals surface area contributed by atoms with E-state index in [1.54, 1.807) is 73.7 Å². The van der Waals surface area contributed by atoms with Crippen LogP contribution in [0.5, 0.6) is 5.75 Å². The minimum Gasteiger partial charge on any atom is -0.489 e. The molecule has 1 heterocycles. The van der Waals surface area contributed by atoms with Gasteiger partial charge >= 0.3 is 0 Å². The van der Waals surface area contributed by atoms with Crippen molar-refractivity contribution in [2.75, 3.05) is 5.75 Å². The number of aliphatic imine (C=N–C) groups is 1. The molecule has 0 atom stereocenters. The monoisotopic (exact) mass is 711 g/mol. The van der Waals surface area contributed by atoms with E-state index < -0.39 is 17.9 Å². The van der Waals surface area contributed by atoms with E-state index in [2.05, 4.69) is 23.5 Å². The van der Waals surface area contributed by atoms with Gasteiger partial charge in [0.05, 0.1) is 11.8 Å². The second-order valence-electron chi connectivity index (χ2n) is 11.6. The first-order valence-electron chi connectivity index (χ1n) is 16.6. The van der Waals surface area contributed by atoms with Crippen LogP contribution in [0.3, 0.4) is 0 Å². The highest BCUT2D eigenvalue weighted by Crippen LogP contribution is 2.29. The summed E-state index contributed by atoms with van der Waals surface area (Å²) in [6.45, 7) is 9.35. The van der Waals surface area contributed by atoms with Crippen molar-refractivity contribution in [3.63, 3.8) is 0 Å². The summed E-state index contributed by atoms with van der Waals surface area (Å²) >= 11 is 0.995. The van der Waals surface area contributed by atoms with Crippen molar-refractivity contribution in [1.29, 1.82) is 0 Å². The van der Waals surface area contributed by atoms with Crippen molar-refractivity contribution >= 4 is 40.7 Å². The van der Waals surface area contributed by atoms with Gasteiger partial charge in [0.2, 0.25) is 5.91 Å². The van der Waals surface area contributed by atoms with Crippen LogP contribution in [0, 0.1) is 5.82 Å². The van der Waals surface area contributed by atoms with Gasteiger partial charge in [-0.15, -0.1) is 6.58 Å². The van der Waals surface area contributed by atoms with Crippen molar-refractivity contribution in [3.05, 3.63) is 192 Å². The van der Waals surface area contributed by atoms with Crippen molar-refractivity contribution < 1.29 is 23.5 Å². The number of benzene rings is 4. The molecular formula is C43H38FN3O4S. The van der Waals surface area contributed by atoms with Crippen molar-refractivity contribution in [2.24, 2.45) is 4.99 Å². The Kier molecular flexibility index (Phi) is 13.1. The number of carbonyl (C=O) groups is 3. The molecule has 262 valence electrons. The van der Waals surface area contributed by atoms with E-state index in [1.165, 1.54) is 17.0 Å². The summed E-state index contributed by atoms with van der Waals surface area (Å²) in [5.41, 5.74) is 3.84. The molecule has 0 spiro atoms. The molecule has 4 aromatic rings. The van der Waals surface area contributed by atoms with Crippen LogP contribution in [0.4, 0.5) is 4.39 Å². The highest BCUT2D eigenvalue weighted by atomic mass is 32.2. The van der Waals surface area contributed by atoms with E-state index in [0.717, 1.165) is 28.5 Å². The SMILES string of the molecule is C=C/C=C\C(=C/C)N1C(=O)/C(=C/c2ccc(OCc3ccccc3F)c(CC=C)c2)C(=O)N=C1SCC(=O)NC(c1ccccc1)c1ccccc1.